The molecule has 0 aromatic heterocycles. The fourth-order valence-corrected chi connectivity index (χ4v) is 1.96. The van der Waals surface area contributed by atoms with Crippen molar-refractivity contribution in [3.8, 4) is 5.75 Å². The molecule has 120 valence electrons. The molecule has 5 heteroatoms. The summed E-state index contributed by atoms with van der Waals surface area (Å²) in [5.74, 6) is -0.126. The monoisotopic (exact) mass is 313 g/mol. The Hall–Kier alpha value is -2.82. The number of carbonyl (C=O) groups is 2. The van der Waals surface area contributed by atoms with E-state index in [0.717, 1.165) is 5.56 Å². The van der Waals surface area contributed by atoms with E-state index in [9.17, 15) is 9.59 Å². The molecule has 0 saturated heterocycles. The molecule has 0 unspecified atom stereocenters. The summed E-state index contributed by atoms with van der Waals surface area (Å²) in [5, 5.41) is 2.72. The van der Waals surface area contributed by atoms with Gasteiger partial charge >= 0.3 is 5.97 Å². The van der Waals surface area contributed by atoms with Gasteiger partial charge in [0.1, 0.15) is 5.75 Å². The van der Waals surface area contributed by atoms with Crippen LogP contribution < -0.4 is 10.1 Å². The molecule has 1 atom stereocenters. The predicted octanol–water partition coefficient (Wildman–Crippen LogP) is 3.19. The van der Waals surface area contributed by atoms with Crippen molar-refractivity contribution in [1.82, 2.24) is 0 Å². The summed E-state index contributed by atoms with van der Waals surface area (Å²) >= 11 is 0. The zero-order valence-electron chi connectivity index (χ0n) is 13.3. The van der Waals surface area contributed by atoms with Crippen LogP contribution in [0.25, 0.3) is 0 Å². The van der Waals surface area contributed by atoms with E-state index in [1.165, 1.54) is 7.11 Å². The summed E-state index contributed by atoms with van der Waals surface area (Å²) < 4.78 is 10.3. The molecule has 0 fully saturated rings. The lowest BCUT2D eigenvalue weighted by atomic mass is 10.2. The molecule has 1 N–H and O–H groups in total. The van der Waals surface area contributed by atoms with Gasteiger partial charge in [0, 0.05) is 5.69 Å². The minimum atomic E-state index is -0.667. The Labute approximate surface area is 135 Å². The van der Waals surface area contributed by atoms with Crippen LogP contribution in [0.4, 0.5) is 5.69 Å². The highest BCUT2D eigenvalue weighted by Gasteiger charge is 2.15. The topological polar surface area (TPSA) is 64.6 Å². The van der Waals surface area contributed by atoms with Crippen LogP contribution in [0.1, 0.15) is 22.8 Å². The van der Waals surface area contributed by atoms with Crippen molar-refractivity contribution in [2.24, 2.45) is 0 Å². The third-order valence-electron chi connectivity index (χ3n) is 3.25. The number of nitrogens with one attached hydrogen (secondary N) is 1. The quantitative estimate of drug-likeness (QED) is 0.861. The summed E-state index contributed by atoms with van der Waals surface area (Å²) in [5.41, 5.74) is 2.00. The van der Waals surface area contributed by atoms with Crippen molar-refractivity contribution in [1.29, 1.82) is 0 Å². The van der Waals surface area contributed by atoms with Crippen LogP contribution in [0, 0.1) is 6.92 Å². The minimum absolute atomic E-state index is 0.299. The first-order chi connectivity index (χ1) is 11.0. The molecular weight excluding hydrogens is 294 g/mol. The molecule has 2 aromatic carbocycles. The zero-order valence-corrected chi connectivity index (χ0v) is 13.3. The van der Waals surface area contributed by atoms with Crippen molar-refractivity contribution >= 4 is 17.6 Å². The van der Waals surface area contributed by atoms with Gasteiger partial charge in [-0.25, -0.2) is 4.79 Å². The van der Waals surface area contributed by atoms with Gasteiger partial charge in [0.2, 0.25) is 0 Å². The highest BCUT2D eigenvalue weighted by molar-refractivity contribution is 5.96. The van der Waals surface area contributed by atoms with Crippen LogP contribution in [0.15, 0.2) is 48.5 Å². The average Bonchev–Trinajstić information content (AvgIpc) is 2.56. The van der Waals surface area contributed by atoms with Gasteiger partial charge in [0.25, 0.3) is 5.91 Å². The molecule has 23 heavy (non-hydrogen) atoms. The van der Waals surface area contributed by atoms with Crippen molar-refractivity contribution < 1.29 is 19.1 Å². The number of amides is 1. The predicted molar refractivity (Wildman–Crippen MR) is 87.7 cm³/mol. The summed E-state index contributed by atoms with van der Waals surface area (Å²) in [4.78, 5) is 23.7. The van der Waals surface area contributed by atoms with E-state index >= 15 is 0 Å². The van der Waals surface area contributed by atoms with Gasteiger partial charge in [0.15, 0.2) is 6.10 Å². The maximum absolute atomic E-state index is 12.2. The Morgan fingerprint density at radius 3 is 2.43 bits per heavy atom. The molecular formula is C18H19NO4. The average molecular weight is 313 g/mol. The second kappa shape index (κ2) is 7.45. The van der Waals surface area contributed by atoms with E-state index in [-0.39, 0.29) is 5.91 Å². The summed E-state index contributed by atoms with van der Waals surface area (Å²) in [6, 6.07) is 14.0. The van der Waals surface area contributed by atoms with Crippen molar-refractivity contribution in [3.63, 3.8) is 0 Å². The summed E-state index contributed by atoms with van der Waals surface area (Å²) in [6.45, 7) is 3.65. The Kier molecular flexibility index (Phi) is 5.36. The zero-order chi connectivity index (χ0) is 16.8. The highest BCUT2D eigenvalue weighted by atomic mass is 16.5. The lowest BCUT2D eigenvalue weighted by molar-refractivity contribution is -0.122. The fourth-order valence-electron chi connectivity index (χ4n) is 1.96. The number of ether oxygens (including phenoxy) is 2. The third-order valence-corrected chi connectivity index (χ3v) is 3.25. The van der Waals surface area contributed by atoms with Crippen molar-refractivity contribution in [3.05, 3.63) is 59.7 Å². The smallest absolute Gasteiger partial charge is 0.337 e. The van der Waals surface area contributed by atoms with Crippen molar-refractivity contribution in [2.75, 3.05) is 12.4 Å². The van der Waals surface area contributed by atoms with Gasteiger partial charge in [-0.15, -0.1) is 0 Å². The van der Waals surface area contributed by atoms with E-state index in [0.29, 0.717) is 17.0 Å². The van der Waals surface area contributed by atoms with Gasteiger partial charge in [-0.2, -0.15) is 0 Å². The van der Waals surface area contributed by atoms with Crippen LogP contribution in [0.2, 0.25) is 0 Å². The maximum Gasteiger partial charge on any atom is 0.337 e. The largest absolute Gasteiger partial charge is 0.481 e. The summed E-state index contributed by atoms with van der Waals surface area (Å²) in [6.07, 6.45) is -0.667. The normalized spacial score (nSPS) is 11.4. The van der Waals surface area contributed by atoms with E-state index in [1.54, 1.807) is 31.2 Å². The van der Waals surface area contributed by atoms with E-state index in [4.69, 9.17) is 4.74 Å². The van der Waals surface area contributed by atoms with Gasteiger partial charge in [-0.1, -0.05) is 23.8 Å². The number of rotatable bonds is 5. The Balaban J connectivity index is 2.00. The second-order valence-electron chi connectivity index (χ2n) is 5.13. The van der Waals surface area contributed by atoms with Gasteiger partial charge < -0.3 is 14.8 Å². The lowest BCUT2D eigenvalue weighted by Crippen LogP contribution is -2.30. The molecule has 0 heterocycles. The number of aryl methyl sites for hydroxylation is 1. The number of carbonyl (C=O) groups excluding carboxylic acids is 2. The number of esters is 1. The van der Waals surface area contributed by atoms with Crippen LogP contribution in [-0.4, -0.2) is 25.1 Å². The first-order valence-electron chi connectivity index (χ1n) is 7.22. The standard InChI is InChI=1S/C18H19NO4/c1-12-7-9-16(10-8-12)23-13(2)17(20)19-15-6-4-5-14(11-15)18(21)22-3/h4-11,13H,1-3H3,(H,19,20)/t13-/m1/s1. The first-order valence-corrected chi connectivity index (χ1v) is 7.22. The molecule has 1 amide bonds. The molecule has 0 aliphatic carbocycles. The first kappa shape index (κ1) is 16.5. The van der Waals surface area contributed by atoms with Gasteiger partial charge in [0.05, 0.1) is 12.7 Å². The molecule has 0 radical (unpaired) electrons. The minimum Gasteiger partial charge on any atom is -0.481 e. The molecule has 0 aliphatic heterocycles. The Morgan fingerprint density at radius 2 is 1.78 bits per heavy atom. The molecule has 0 bridgehead atoms. The number of anilines is 1. The maximum atomic E-state index is 12.2. The Morgan fingerprint density at radius 1 is 1.09 bits per heavy atom. The molecule has 0 spiro atoms. The van der Waals surface area contributed by atoms with E-state index < -0.39 is 12.1 Å². The van der Waals surface area contributed by atoms with Crippen LogP contribution in [-0.2, 0) is 9.53 Å². The van der Waals surface area contributed by atoms with E-state index in [2.05, 4.69) is 10.1 Å². The van der Waals surface area contributed by atoms with E-state index in [1.807, 2.05) is 31.2 Å². The Bertz CT molecular complexity index is 694. The SMILES string of the molecule is COC(=O)c1cccc(NC(=O)[C@@H](C)Oc2ccc(C)cc2)c1. The number of hydrogen-bond donors (Lipinski definition) is 1. The van der Waals surface area contributed by atoms with Crippen LogP contribution in [0.5, 0.6) is 5.75 Å². The van der Waals surface area contributed by atoms with Crippen LogP contribution in [0.3, 0.4) is 0 Å². The van der Waals surface area contributed by atoms with Crippen LogP contribution >= 0.6 is 0 Å². The van der Waals surface area contributed by atoms with Gasteiger partial charge in [-0.3, -0.25) is 4.79 Å². The lowest BCUT2D eigenvalue weighted by Gasteiger charge is -2.15. The third kappa shape index (κ3) is 4.57. The number of hydrogen-bond acceptors (Lipinski definition) is 4. The fraction of sp³-hybridized carbons (Fsp3) is 0.222. The molecule has 2 aromatic rings. The number of methoxy groups -OCH3 is 1. The highest BCUT2D eigenvalue weighted by Crippen LogP contribution is 2.15. The summed E-state index contributed by atoms with van der Waals surface area (Å²) in [7, 11) is 1.31. The molecule has 0 saturated carbocycles. The second-order valence-corrected chi connectivity index (χ2v) is 5.13. The molecule has 5 nitrogen and oxygen atoms in total. The number of benzene rings is 2. The van der Waals surface area contributed by atoms with Gasteiger partial charge in [-0.05, 0) is 44.2 Å². The van der Waals surface area contributed by atoms with Crippen molar-refractivity contribution in [2.45, 2.75) is 20.0 Å². The molecule has 0 aliphatic rings. The molecule has 2 rings (SSSR count).